The van der Waals surface area contributed by atoms with Crippen LogP contribution < -0.4 is 0 Å². The van der Waals surface area contributed by atoms with Gasteiger partial charge in [0.15, 0.2) is 5.41 Å². The van der Waals surface area contributed by atoms with Gasteiger partial charge in [0, 0.05) is 5.41 Å². The van der Waals surface area contributed by atoms with E-state index >= 15 is 0 Å². The molecule has 0 atom stereocenters. The minimum absolute atomic E-state index is 0.649. The number of rotatable bonds is 4. The normalized spacial score (nSPS) is 18.9. The highest BCUT2D eigenvalue weighted by Crippen LogP contribution is 2.46. The number of hydrogen-bond donors (Lipinski definition) is 2. The summed E-state index contributed by atoms with van der Waals surface area (Å²) in [4.78, 5) is 23.1. The lowest BCUT2D eigenvalue weighted by Gasteiger charge is -2.38. The van der Waals surface area contributed by atoms with Crippen molar-refractivity contribution in [2.24, 2.45) is 10.8 Å². The van der Waals surface area contributed by atoms with E-state index in [0.717, 1.165) is 11.1 Å². The van der Waals surface area contributed by atoms with Gasteiger partial charge in [-0.1, -0.05) is 62.4 Å². The molecule has 4 heteroatoms. The predicted octanol–water partition coefficient (Wildman–Crippen LogP) is 2.91. The molecule has 0 saturated heterocycles. The summed E-state index contributed by atoms with van der Waals surface area (Å²) in [7, 11) is 0. The molecule has 4 nitrogen and oxygen atoms in total. The van der Waals surface area contributed by atoms with Gasteiger partial charge in [-0.3, -0.25) is 9.59 Å². The highest BCUT2D eigenvalue weighted by Gasteiger charge is 2.56. The van der Waals surface area contributed by atoms with E-state index in [1.165, 1.54) is 6.08 Å². The van der Waals surface area contributed by atoms with Gasteiger partial charge < -0.3 is 10.2 Å². The zero-order valence-electron chi connectivity index (χ0n) is 12.0. The Balaban J connectivity index is 2.37. The van der Waals surface area contributed by atoms with Crippen LogP contribution in [-0.4, -0.2) is 22.2 Å². The molecule has 110 valence electrons. The lowest BCUT2D eigenvalue weighted by Crippen LogP contribution is -2.49. The van der Waals surface area contributed by atoms with Gasteiger partial charge in [-0.15, -0.1) is 0 Å². The average Bonchev–Trinajstić information content (AvgIpc) is 2.38. The fraction of sp³-hybridized carbons (Fsp3) is 0.294. The van der Waals surface area contributed by atoms with E-state index in [1.807, 2.05) is 30.3 Å². The molecule has 0 amide bonds. The van der Waals surface area contributed by atoms with E-state index in [1.54, 1.807) is 26.0 Å². The van der Waals surface area contributed by atoms with Crippen molar-refractivity contribution < 1.29 is 19.8 Å². The molecule has 2 N–H and O–H groups in total. The highest BCUT2D eigenvalue weighted by atomic mass is 16.4. The third kappa shape index (κ3) is 2.49. The van der Waals surface area contributed by atoms with Crippen molar-refractivity contribution in [3.63, 3.8) is 0 Å². The number of carboxylic acid groups (broad SMARTS) is 2. The highest BCUT2D eigenvalue weighted by molar-refractivity contribution is 6.02. The van der Waals surface area contributed by atoms with Crippen LogP contribution >= 0.6 is 0 Å². The molecule has 1 aliphatic rings. The van der Waals surface area contributed by atoms with Crippen LogP contribution in [0.15, 0.2) is 54.1 Å². The first kappa shape index (κ1) is 15.0. The van der Waals surface area contributed by atoms with Crippen molar-refractivity contribution in [3.8, 4) is 0 Å². The zero-order chi connectivity index (χ0) is 15.7. The number of allylic oxidation sites excluding steroid dienone is 3. The summed E-state index contributed by atoms with van der Waals surface area (Å²) in [6, 6.07) is 9.77. The van der Waals surface area contributed by atoms with E-state index in [9.17, 15) is 19.8 Å². The molecule has 0 radical (unpaired) electrons. The first-order chi connectivity index (χ1) is 9.79. The fourth-order valence-corrected chi connectivity index (χ4v) is 2.80. The average molecular weight is 286 g/mol. The van der Waals surface area contributed by atoms with E-state index in [2.05, 4.69) is 0 Å². The van der Waals surface area contributed by atoms with Gasteiger partial charge in [-0.25, -0.2) is 0 Å². The predicted molar refractivity (Wildman–Crippen MR) is 78.9 cm³/mol. The van der Waals surface area contributed by atoms with Crippen molar-refractivity contribution >= 4 is 11.9 Å². The van der Waals surface area contributed by atoms with Gasteiger partial charge >= 0.3 is 11.9 Å². The quantitative estimate of drug-likeness (QED) is 0.835. The van der Waals surface area contributed by atoms with Crippen LogP contribution in [0.25, 0.3) is 0 Å². The molecule has 0 spiro atoms. The Bertz CT molecular complexity index is 609. The van der Waals surface area contributed by atoms with Crippen LogP contribution in [0.3, 0.4) is 0 Å². The second kappa shape index (κ2) is 5.20. The summed E-state index contributed by atoms with van der Waals surface area (Å²) in [6.45, 7) is 3.29. The first-order valence-electron chi connectivity index (χ1n) is 6.71. The summed E-state index contributed by atoms with van der Waals surface area (Å²) in [6.07, 6.45) is 5.31. The molecule has 0 aromatic heterocycles. The van der Waals surface area contributed by atoms with Crippen LogP contribution in [0.5, 0.6) is 0 Å². The minimum Gasteiger partial charge on any atom is -0.480 e. The molecule has 21 heavy (non-hydrogen) atoms. The molecule has 0 unspecified atom stereocenters. The van der Waals surface area contributed by atoms with Gasteiger partial charge in [0.2, 0.25) is 0 Å². The van der Waals surface area contributed by atoms with Crippen molar-refractivity contribution in [1.82, 2.24) is 0 Å². The number of hydrogen-bond acceptors (Lipinski definition) is 2. The molecule has 1 aliphatic carbocycles. The molecular formula is C17H18O4. The molecule has 0 bridgehead atoms. The second-order valence-electron chi connectivity index (χ2n) is 5.85. The van der Waals surface area contributed by atoms with E-state index in [-0.39, 0.29) is 0 Å². The molecule has 0 heterocycles. The molecule has 1 aromatic rings. The van der Waals surface area contributed by atoms with Crippen LogP contribution in [-0.2, 0) is 16.0 Å². The van der Waals surface area contributed by atoms with Gasteiger partial charge in [0.1, 0.15) is 0 Å². The van der Waals surface area contributed by atoms with E-state index in [4.69, 9.17) is 0 Å². The summed E-state index contributed by atoms with van der Waals surface area (Å²) in [5.41, 5.74) is -0.914. The summed E-state index contributed by atoms with van der Waals surface area (Å²) >= 11 is 0. The second-order valence-corrected chi connectivity index (χ2v) is 5.85. The van der Waals surface area contributed by atoms with Gasteiger partial charge in [-0.2, -0.15) is 0 Å². The largest absolute Gasteiger partial charge is 0.480 e. The van der Waals surface area contributed by atoms with Crippen LogP contribution in [0, 0.1) is 10.8 Å². The molecular weight excluding hydrogens is 268 g/mol. The monoisotopic (exact) mass is 286 g/mol. The summed E-state index contributed by atoms with van der Waals surface area (Å²) in [5.74, 6) is -2.68. The first-order valence-corrected chi connectivity index (χ1v) is 6.71. The minimum atomic E-state index is -1.92. The SMILES string of the molecule is CC1(C)C=C(Cc2ccccc2)C=CC1(C(=O)O)C(=O)O. The number of aliphatic carboxylic acids is 2. The maximum Gasteiger partial charge on any atom is 0.325 e. The molecule has 0 fully saturated rings. The number of carboxylic acids is 2. The van der Waals surface area contributed by atoms with Crippen LogP contribution in [0.1, 0.15) is 19.4 Å². The van der Waals surface area contributed by atoms with E-state index < -0.39 is 22.8 Å². The van der Waals surface area contributed by atoms with Gasteiger partial charge in [0.25, 0.3) is 0 Å². The lowest BCUT2D eigenvalue weighted by atomic mass is 9.62. The van der Waals surface area contributed by atoms with Gasteiger partial charge in [-0.05, 0) is 17.6 Å². The topological polar surface area (TPSA) is 74.6 Å². The van der Waals surface area contributed by atoms with Crippen molar-refractivity contribution in [3.05, 3.63) is 59.7 Å². The Labute approximate surface area is 123 Å². The van der Waals surface area contributed by atoms with Crippen LogP contribution in [0.4, 0.5) is 0 Å². The Hall–Kier alpha value is -2.36. The standard InChI is InChI=1S/C17H18O4/c1-16(2)11-13(10-12-6-4-3-5-7-12)8-9-17(16,14(18)19)15(20)21/h3-9,11H,10H2,1-2H3,(H,18,19)(H,20,21). The van der Waals surface area contributed by atoms with E-state index in [0.29, 0.717) is 6.42 Å². The lowest BCUT2D eigenvalue weighted by molar-refractivity contribution is -0.166. The smallest absolute Gasteiger partial charge is 0.325 e. The third-order valence-corrected chi connectivity index (χ3v) is 4.04. The maximum absolute atomic E-state index is 11.5. The Morgan fingerprint density at radius 1 is 1.05 bits per heavy atom. The Morgan fingerprint density at radius 2 is 1.62 bits per heavy atom. The van der Waals surface area contributed by atoms with Crippen molar-refractivity contribution in [2.45, 2.75) is 20.3 Å². The Morgan fingerprint density at radius 3 is 2.10 bits per heavy atom. The Kier molecular flexibility index (Phi) is 3.73. The summed E-state index contributed by atoms with van der Waals surface area (Å²) < 4.78 is 0. The molecule has 2 rings (SSSR count). The maximum atomic E-state index is 11.5. The molecule has 0 saturated carbocycles. The fourth-order valence-electron chi connectivity index (χ4n) is 2.80. The molecule has 0 aliphatic heterocycles. The summed E-state index contributed by atoms with van der Waals surface area (Å²) in [5, 5.41) is 18.8. The van der Waals surface area contributed by atoms with Crippen molar-refractivity contribution in [2.75, 3.05) is 0 Å². The van der Waals surface area contributed by atoms with Crippen LogP contribution in [0.2, 0.25) is 0 Å². The molecule has 1 aromatic carbocycles. The zero-order valence-corrected chi connectivity index (χ0v) is 12.0. The number of benzene rings is 1. The third-order valence-electron chi connectivity index (χ3n) is 4.04. The number of carbonyl (C=O) groups is 2. The van der Waals surface area contributed by atoms with Gasteiger partial charge in [0.05, 0.1) is 0 Å². The van der Waals surface area contributed by atoms with Crippen molar-refractivity contribution in [1.29, 1.82) is 0 Å².